The highest BCUT2D eigenvalue weighted by Gasteiger charge is 2.22. The van der Waals surface area contributed by atoms with Crippen molar-refractivity contribution in [2.24, 2.45) is 5.92 Å². The predicted octanol–water partition coefficient (Wildman–Crippen LogP) is 7.84. The number of halogens is 1. The molecule has 0 saturated heterocycles. The van der Waals surface area contributed by atoms with Gasteiger partial charge < -0.3 is 9.73 Å². The van der Waals surface area contributed by atoms with Gasteiger partial charge in [0, 0.05) is 32.1 Å². The van der Waals surface area contributed by atoms with Crippen molar-refractivity contribution in [3.63, 3.8) is 0 Å². The van der Waals surface area contributed by atoms with Gasteiger partial charge in [0.25, 0.3) is 0 Å². The average molecular weight is 494 g/mol. The minimum absolute atomic E-state index is 0.0101. The van der Waals surface area contributed by atoms with Gasteiger partial charge in [-0.15, -0.1) is 0 Å². The van der Waals surface area contributed by atoms with Crippen molar-refractivity contribution in [3.8, 4) is 11.1 Å². The Morgan fingerprint density at radius 3 is 2.61 bits per heavy atom. The summed E-state index contributed by atoms with van der Waals surface area (Å²) in [7, 11) is 0. The van der Waals surface area contributed by atoms with E-state index in [1.54, 1.807) is 0 Å². The third-order valence-electron chi connectivity index (χ3n) is 6.27. The Bertz CT molecular complexity index is 1560. The lowest BCUT2D eigenvalue weighted by Gasteiger charge is -2.20. The Labute approximate surface area is 199 Å². The molecule has 3 nitrogen and oxygen atoms in total. The molecule has 0 bridgehead atoms. The molecule has 1 aromatic heterocycles. The molecule has 1 aliphatic carbocycles. The maximum absolute atomic E-state index is 13.2. The van der Waals surface area contributed by atoms with Crippen molar-refractivity contribution in [1.82, 2.24) is 0 Å². The van der Waals surface area contributed by atoms with Crippen molar-refractivity contribution in [2.75, 3.05) is 5.32 Å². The fourth-order valence-corrected chi connectivity index (χ4v) is 5.00. The quantitative estimate of drug-likeness (QED) is 0.278. The number of nitrogens with one attached hydrogen (secondary N) is 1. The number of hydrogen-bond acceptors (Lipinski definition) is 2. The van der Waals surface area contributed by atoms with Gasteiger partial charge in [-0.1, -0.05) is 88.7 Å². The Hall–Kier alpha value is -3.63. The van der Waals surface area contributed by atoms with Crippen LogP contribution in [0.3, 0.4) is 0 Å². The van der Waals surface area contributed by atoms with Gasteiger partial charge in [-0.25, -0.2) is 0 Å². The molecule has 0 spiro atoms. The standard InChI is InChI=1S/C29H20BrNO2/c30-21-15-14-18-16-20(13-12-19(18)17-21)29(32)31-26-10-3-1-6-22(26)24-8-5-9-25-23-7-2-4-11-27(23)33-28(24)25/h1-15,17,20H,16H2,(H,31,32). The number of hydrogen-bond donors (Lipinski definition) is 1. The molecule has 1 N–H and O–H groups in total. The molecule has 0 aliphatic heterocycles. The molecule has 5 aromatic rings. The molecular formula is C29H20BrNO2. The zero-order valence-corrected chi connectivity index (χ0v) is 19.3. The third-order valence-corrected chi connectivity index (χ3v) is 6.77. The van der Waals surface area contributed by atoms with Gasteiger partial charge in [-0.2, -0.15) is 0 Å². The summed E-state index contributed by atoms with van der Waals surface area (Å²) >= 11 is 3.52. The summed E-state index contributed by atoms with van der Waals surface area (Å²) in [5.41, 5.74) is 6.72. The van der Waals surface area contributed by atoms with Crippen LogP contribution in [-0.4, -0.2) is 5.91 Å². The van der Waals surface area contributed by atoms with Gasteiger partial charge in [0.05, 0.1) is 5.92 Å². The van der Waals surface area contributed by atoms with Crippen molar-refractivity contribution >= 4 is 55.5 Å². The lowest BCUT2D eigenvalue weighted by molar-refractivity contribution is -0.118. The van der Waals surface area contributed by atoms with E-state index in [1.807, 2.05) is 72.8 Å². The van der Waals surface area contributed by atoms with Crippen LogP contribution in [-0.2, 0) is 11.2 Å². The highest BCUT2D eigenvalue weighted by Crippen LogP contribution is 2.38. The van der Waals surface area contributed by atoms with E-state index in [0.29, 0.717) is 6.42 Å². The summed E-state index contributed by atoms with van der Waals surface area (Å²) in [5, 5.41) is 5.34. The molecule has 0 radical (unpaired) electrons. The summed E-state index contributed by atoms with van der Waals surface area (Å²) in [6.07, 6.45) is 4.72. The molecule has 1 atom stereocenters. The monoisotopic (exact) mass is 493 g/mol. The van der Waals surface area contributed by atoms with E-state index in [-0.39, 0.29) is 11.8 Å². The SMILES string of the molecule is O=C(Nc1ccccc1-c1cccc2c1oc1ccccc12)C1C=Cc2cc(Br)ccc2C1. The topological polar surface area (TPSA) is 42.2 Å². The minimum Gasteiger partial charge on any atom is -0.455 e. The maximum atomic E-state index is 13.2. The predicted molar refractivity (Wildman–Crippen MR) is 138 cm³/mol. The van der Waals surface area contributed by atoms with Crippen LogP contribution < -0.4 is 5.32 Å². The number of carbonyl (C=O) groups is 1. The molecule has 4 heteroatoms. The summed E-state index contributed by atoms with van der Waals surface area (Å²) < 4.78 is 7.28. The normalized spacial score (nSPS) is 15.0. The molecule has 6 rings (SSSR count). The molecular weight excluding hydrogens is 474 g/mol. The van der Waals surface area contributed by atoms with Crippen LogP contribution in [0.15, 0.2) is 99.9 Å². The molecule has 1 unspecified atom stereocenters. The van der Waals surface area contributed by atoms with Gasteiger partial charge in [-0.05, 0) is 41.8 Å². The molecule has 1 aliphatic rings. The zero-order valence-electron chi connectivity index (χ0n) is 17.7. The maximum Gasteiger partial charge on any atom is 0.231 e. The third kappa shape index (κ3) is 3.57. The molecule has 0 saturated carbocycles. The molecule has 0 fully saturated rings. The van der Waals surface area contributed by atoms with Crippen LogP contribution >= 0.6 is 15.9 Å². The van der Waals surface area contributed by atoms with Gasteiger partial charge in [-0.3, -0.25) is 4.79 Å². The molecule has 1 amide bonds. The fourth-order valence-electron chi connectivity index (χ4n) is 4.62. The number of fused-ring (bicyclic) bond motifs is 4. The summed E-state index contributed by atoms with van der Waals surface area (Å²) in [6.45, 7) is 0. The van der Waals surface area contributed by atoms with Crippen LogP contribution in [0, 0.1) is 5.92 Å². The number of carbonyl (C=O) groups excluding carboxylic acids is 1. The van der Waals surface area contributed by atoms with E-state index < -0.39 is 0 Å². The van der Waals surface area contributed by atoms with E-state index in [0.717, 1.165) is 48.8 Å². The largest absolute Gasteiger partial charge is 0.455 e. The Balaban J connectivity index is 1.35. The van der Waals surface area contributed by atoms with Crippen molar-refractivity contribution in [2.45, 2.75) is 6.42 Å². The highest BCUT2D eigenvalue weighted by atomic mass is 79.9. The summed E-state index contributed by atoms with van der Waals surface area (Å²) in [6, 6.07) is 28.3. The molecule has 1 heterocycles. The number of rotatable bonds is 3. The summed E-state index contributed by atoms with van der Waals surface area (Å²) in [5.74, 6) is -0.224. The molecule has 160 valence electrons. The Morgan fingerprint density at radius 1 is 0.879 bits per heavy atom. The van der Waals surface area contributed by atoms with Gasteiger partial charge in [0.1, 0.15) is 11.2 Å². The average Bonchev–Trinajstić information content (AvgIpc) is 3.23. The van der Waals surface area contributed by atoms with E-state index in [4.69, 9.17) is 4.42 Å². The van der Waals surface area contributed by atoms with Crippen LogP contribution in [0.1, 0.15) is 11.1 Å². The second kappa shape index (κ2) is 8.05. The van der Waals surface area contributed by atoms with Crippen molar-refractivity contribution in [3.05, 3.63) is 107 Å². The van der Waals surface area contributed by atoms with E-state index in [9.17, 15) is 4.79 Å². The minimum atomic E-state index is -0.214. The molecule has 33 heavy (non-hydrogen) atoms. The first-order valence-corrected chi connectivity index (χ1v) is 11.7. The van der Waals surface area contributed by atoms with Crippen molar-refractivity contribution < 1.29 is 9.21 Å². The zero-order chi connectivity index (χ0) is 22.4. The highest BCUT2D eigenvalue weighted by molar-refractivity contribution is 9.10. The number of para-hydroxylation sites is 3. The number of anilines is 1. The lowest BCUT2D eigenvalue weighted by atomic mass is 9.89. The second-order valence-corrected chi connectivity index (χ2v) is 9.24. The number of furan rings is 1. The number of amides is 1. The van der Waals surface area contributed by atoms with E-state index >= 15 is 0 Å². The van der Waals surface area contributed by atoms with Gasteiger partial charge in [0.2, 0.25) is 5.91 Å². The van der Waals surface area contributed by atoms with Crippen LogP contribution in [0.2, 0.25) is 0 Å². The molecule has 4 aromatic carbocycles. The first-order valence-electron chi connectivity index (χ1n) is 10.9. The Morgan fingerprint density at radius 2 is 1.67 bits per heavy atom. The first kappa shape index (κ1) is 20.0. The second-order valence-electron chi connectivity index (χ2n) is 8.33. The number of benzene rings is 4. The van der Waals surface area contributed by atoms with Crippen LogP contribution in [0.5, 0.6) is 0 Å². The van der Waals surface area contributed by atoms with E-state index in [1.165, 1.54) is 5.56 Å². The fraction of sp³-hybridized carbons (Fsp3) is 0.0690. The smallest absolute Gasteiger partial charge is 0.231 e. The van der Waals surface area contributed by atoms with E-state index in [2.05, 4.69) is 45.5 Å². The van der Waals surface area contributed by atoms with Crippen molar-refractivity contribution in [1.29, 1.82) is 0 Å². The van der Waals surface area contributed by atoms with Gasteiger partial charge in [0.15, 0.2) is 0 Å². The lowest BCUT2D eigenvalue weighted by Crippen LogP contribution is -2.25. The summed E-state index contributed by atoms with van der Waals surface area (Å²) in [4.78, 5) is 13.2. The Kier molecular flexibility index (Phi) is 4.88. The van der Waals surface area contributed by atoms with Crippen LogP contribution in [0.4, 0.5) is 5.69 Å². The first-order chi connectivity index (χ1) is 16.2. The van der Waals surface area contributed by atoms with Gasteiger partial charge >= 0.3 is 0 Å². The van der Waals surface area contributed by atoms with Crippen LogP contribution in [0.25, 0.3) is 39.1 Å².